The van der Waals surface area contributed by atoms with Gasteiger partial charge in [0.1, 0.15) is 12.8 Å². The molecule has 1 fully saturated rings. The van der Waals surface area contributed by atoms with Gasteiger partial charge >= 0.3 is 5.92 Å². The molecule has 1 aromatic carbocycles. The fourth-order valence-electron chi connectivity index (χ4n) is 5.31. The lowest BCUT2D eigenvalue weighted by Gasteiger charge is -2.33. The normalized spacial score (nSPS) is 21.4. The van der Waals surface area contributed by atoms with Crippen molar-refractivity contribution in [3.05, 3.63) is 47.4 Å². The highest BCUT2D eigenvalue weighted by Gasteiger charge is 2.45. The van der Waals surface area contributed by atoms with Gasteiger partial charge in [-0.3, -0.25) is 0 Å². The molecule has 3 nitrogen and oxygen atoms in total. The van der Waals surface area contributed by atoms with Crippen molar-refractivity contribution in [1.82, 2.24) is 5.12 Å². The summed E-state index contributed by atoms with van der Waals surface area (Å²) >= 11 is 0. The Balaban J connectivity index is 1.54. The third-order valence-electron chi connectivity index (χ3n) is 7.55. The Hall–Kier alpha value is -1.98. The van der Waals surface area contributed by atoms with Gasteiger partial charge in [-0.15, -0.1) is 5.12 Å². The zero-order chi connectivity index (χ0) is 25.6. The molecule has 36 heavy (non-hydrogen) atoms. The third-order valence-corrected chi connectivity index (χ3v) is 7.55. The topological polar surface area (TPSA) is 24.8 Å². The minimum atomic E-state index is -2.72. The van der Waals surface area contributed by atoms with E-state index < -0.39 is 12.1 Å². The Morgan fingerprint density at radius 2 is 1.69 bits per heavy atom. The highest BCUT2D eigenvalue weighted by Crippen LogP contribution is 2.40. The zero-order valence-corrected chi connectivity index (χ0v) is 22.1. The van der Waals surface area contributed by atoms with E-state index >= 15 is 8.87 Å². The van der Waals surface area contributed by atoms with Crippen molar-refractivity contribution in [2.45, 2.75) is 122 Å². The lowest BCUT2D eigenvalue weighted by Crippen LogP contribution is -2.39. The molecular weight excluding hydrogens is 461 g/mol. The average Bonchev–Trinajstić information content (AvgIpc) is 3.42. The molecule has 0 aromatic heterocycles. The molecule has 0 amide bonds. The van der Waals surface area contributed by atoms with E-state index in [0.29, 0.717) is 18.4 Å². The van der Waals surface area contributed by atoms with Gasteiger partial charge in [-0.2, -0.15) is 4.39 Å². The Kier molecular flexibility index (Phi) is 12.2. The van der Waals surface area contributed by atoms with Crippen LogP contribution in [0.1, 0.15) is 115 Å². The summed E-state index contributed by atoms with van der Waals surface area (Å²) in [5, 5.41) is -0.0525. The van der Waals surface area contributed by atoms with Crippen molar-refractivity contribution < 1.29 is 18.0 Å². The summed E-state index contributed by atoms with van der Waals surface area (Å²) in [5.41, 5.74) is 0.563. The summed E-state index contributed by atoms with van der Waals surface area (Å²) in [6, 6.07) is 8.00. The van der Waals surface area contributed by atoms with E-state index in [0.717, 1.165) is 50.9 Å². The Morgan fingerprint density at radius 3 is 2.44 bits per heavy atom. The standard InChI is InChI=1S/C30H45F3N2O/c1-2-3-4-13-22-28(31)24-36-29-26(19-10-7-5-6-9-16-25-17-14-15-18-25)23-34-30(32,35(29)33)27-20-11-8-12-21-27/h8,11-12,20-21,23,25,28H,2-7,9-10,13-19,22,24H2,1H3. The summed E-state index contributed by atoms with van der Waals surface area (Å²) in [4.78, 5) is 3.94. The van der Waals surface area contributed by atoms with Crippen LogP contribution in [0.3, 0.4) is 0 Å². The number of nitrogens with zero attached hydrogens (tertiary/aromatic N) is 2. The molecule has 1 aromatic rings. The smallest absolute Gasteiger partial charge is 0.333 e. The summed E-state index contributed by atoms with van der Waals surface area (Å²) in [7, 11) is 0. The maximum atomic E-state index is 15.7. The van der Waals surface area contributed by atoms with Crippen LogP contribution in [0.25, 0.3) is 0 Å². The molecule has 1 saturated carbocycles. The molecule has 1 heterocycles. The number of halogens is 3. The number of rotatable bonds is 17. The van der Waals surface area contributed by atoms with Gasteiger partial charge in [0.25, 0.3) is 0 Å². The SMILES string of the molecule is CCCCCCC(F)COC1=C(CCCCCCCC2CCCC2)C=NC(F)(c2ccccc2)N1F. The highest BCUT2D eigenvalue weighted by molar-refractivity contribution is 5.80. The number of ether oxygens (including phenoxy) is 1. The van der Waals surface area contributed by atoms with Crippen LogP contribution < -0.4 is 0 Å². The van der Waals surface area contributed by atoms with Gasteiger partial charge in [0, 0.05) is 17.4 Å². The number of allylic oxidation sites excluding steroid dienone is 1. The maximum Gasteiger partial charge on any atom is 0.333 e. The molecule has 1 aliphatic heterocycles. The first kappa shape index (κ1) is 28.6. The monoisotopic (exact) mass is 506 g/mol. The second-order valence-corrected chi connectivity index (χ2v) is 10.5. The number of unbranched alkanes of at least 4 members (excludes halogenated alkanes) is 7. The Bertz CT molecular complexity index is 810. The summed E-state index contributed by atoms with van der Waals surface area (Å²) < 4.78 is 51.3. The van der Waals surface area contributed by atoms with Gasteiger partial charge in [0.15, 0.2) is 0 Å². The van der Waals surface area contributed by atoms with Crippen molar-refractivity contribution in [2.24, 2.45) is 10.9 Å². The molecule has 3 rings (SSSR count). The predicted octanol–water partition coefficient (Wildman–Crippen LogP) is 9.49. The first-order valence-electron chi connectivity index (χ1n) is 14.3. The van der Waals surface area contributed by atoms with Gasteiger partial charge in [0.05, 0.1) is 0 Å². The Morgan fingerprint density at radius 1 is 1.00 bits per heavy atom. The highest BCUT2D eigenvalue weighted by atomic mass is 19.2. The van der Waals surface area contributed by atoms with Crippen molar-refractivity contribution in [3.63, 3.8) is 0 Å². The first-order valence-corrected chi connectivity index (χ1v) is 14.3. The third kappa shape index (κ3) is 8.55. The molecule has 2 aliphatic rings. The lowest BCUT2D eigenvalue weighted by atomic mass is 9.98. The van der Waals surface area contributed by atoms with Crippen LogP contribution in [-0.4, -0.2) is 24.1 Å². The van der Waals surface area contributed by atoms with Gasteiger partial charge in [0.2, 0.25) is 5.88 Å². The van der Waals surface area contributed by atoms with Crippen LogP contribution in [0.2, 0.25) is 0 Å². The van der Waals surface area contributed by atoms with E-state index in [1.807, 2.05) is 0 Å². The van der Waals surface area contributed by atoms with Gasteiger partial charge in [-0.05, 0) is 25.2 Å². The van der Waals surface area contributed by atoms with Crippen LogP contribution in [0.4, 0.5) is 13.3 Å². The summed E-state index contributed by atoms with van der Waals surface area (Å²) in [5.74, 6) is -2.03. The summed E-state index contributed by atoms with van der Waals surface area (Å²) in [6.07, 6.45) is 17.3. The van der Waals surface area contributed by atoms with Crippen LogP contribution in [0, 0.1) is 5.92 Å². The quantitative estimate of drug-likeness (QED) is 0.119. The van der Waals surface area contributed by atoms with Gasteiger partial charge < -0.3 is 4.74 Å². The van der Waals surface area contributed by atoms with E-state index in [2.05, 4.69) is 11.9 Å². The average molecular weight is 507 g/mol. The molecule has 0 radical (unpaired) electrons. The minimum Gasteiger partial charge on any atom is -0.474 e. The second kappa shape index (κ2) is 15.3. The number of hydrogen-bond donors (Lipinski definition) is 0. The minimum absolute atomic E-state index is 0.0525. The Labute approximate surface area is 216 Å². The molecule has 0 bridgehead atoms. The molecular formula is C30H45F3N2O. The second-order valence-electron chi connectivity index (χ2n) is 10.5. The van der Waals surface area contributed by atoms with E-state index in [9.17, 15) is 4.39 Å². The number of hydrogen-bond acceptors (Lipinski definition) is 3. The van der Waals surface area contributed by atoms with E-state index in [-0.39, 0.29) is 23.2 Å². The molecule has 0 N–H and O–H groups in total. The molecule has 2 atom stereocenters. The lowest BCUT2D eigenvalue weighted by molar-refractivity contribution is -0.172. The summed E-state index contributed by atoms with van der Waals surface area (Å²) in [6.45, 7) is 1.82. The van der Waals surface area contributed by atoms with E-state index in [4.69, 9.17) is 4.74 Å². The van der Waals surface area contributed by atoms with Crippen molar-refractivity contribution >= 4 is 6.21 Å². The van der Waals surface area contributed by atoms with Crippen molar-refractivity contribution in [3.8, 4) is 0 Å². The molecule has 202 valence electrons. The van der Waals surface area contributed by atoms with Gasteiger partial charge in [-0.25, -0.2) is 9.38 Å². The van der Waals surface area contributed by atoms with Gasteiger partial charge in [-0.1, -0.05) is 125 Å². The van der Waals surface area contributed by atoms with Crippen molar-refractivity contribution in [2.75, 3.05) is 6.61 Å². The largest absolute Gasteiger partial charge is 0.474 e. The van der Waals surface area contributed by atoms with Crippen LogP contribution >= 0.6 is 0 Å². The van der Waals surface area contributed by atoms with Crippen LogP contribution in [0.5, 0.6) is 0 Å². The molecule has 2 unspecified atom stereocenters. The maximum absolute atomic E-state index is 15.7. The number of benzene rings is 1. The van der Waals surface area contributed by atoms with E-state index in [1.54, 1.807) is 18.2 Å². The fourth-order valence-corrected chi connectivity index (χ4v) is 5.31. The fraction of sp³-hybridized carbons (Fsp3) is 0.700. The molecule has 1 aliphatic carbocycles. The number of aliphatic imine (C=N–C) groups is 1. The van der Waals surface area contributed by atoms with Crippen LogP contribution in [-0.2, 0) is 10.7 Å². The molecule has 6 heteroatoms. The zero-order valence-electron chi connectivity index (χ0n) is 22.1. The number of alkyl halides is 2. The molecule has 0 saturated heterocycles. The van der Waals surface area contributed by atoms with Crippen LogP contribution in [0.15, 0.2) is 46.8 Å². The molecule has 0 spiro atoms. The van der Waals surface area contributed by atoms with E-state index in [1.165, 1.54) is 63.3 Å². The first-order chi connectivity index (χ1) is 17.5. The predicted molar refractivity (Wildman–Crippen MR) is 142 cm³/mol. The van der Waals surface area contributed by atoms with Crippen molar-refractivity contribution in [1.29, 1.82) is 0 Å².